The van der Waals surface area contributed by atoms with Gasteiger partial charge in [-0.2, -0.15) is 0 Å². The van der Waals surface area contributed by atoms with Crippen LogP contribution in [-0.2, 0) is 17.6 Å². The van der Waals surface area contributed by atoms with Gasteiger partial charge in [0, 0.05) is 54.3 Å². The van der Waals surface area contributed by atoms with E-state index in [2.05, 4.69) is 59.0 Å². The van der Waals surface area contributed by atoms with Crippen molar-refractivity contribution in [2.24, 2.45) is 28.1 Å². The van der Waals surface area contributed by atoms with E-state index in [0.29, 0.717) is 41.9 Å². The van der Waals surface area contributed by atoms with Gasteiger partial charge in [-0.15, -0.1) is 0 Å². The van der Waals surface area contributed by atoms with Gasteiger partial charge in [-0.25, -0.2) is 0 Å². The summed E-state index contributed by atoms with van der Waals surface area (Å²) in [5.41, 5.74) is 19.8. The van der Waals surface area contributed by atoms with Crippen LogP contribution in [0.3, 0.4) is 0 Å². The number of fused-ring (bicyclic) bond motifs is 1. The molecular formula is C34H46Cl2N6O. The monoisotopic (exact) mass is 624 g/mol. The molecule has 1 heterocycles. The van der Waals surface area contributed by atoms with Crippen molar-refractivity contribution in [1.29, 1.82) is 0 Å². The van der Waals surface area contributed by atoms with Crippen LogP contribution in [0, 0.1) is 5.92 Å². The maximum atomic E-state index is 13.9. The highest BCUT2D eigenvalue weighted by atomic mass is 35.5. The van der Waals surface area contributed by atoms with Crippen molar-refractivity contribution in [3.8, 4) is 0 Å². The number of nitrogens with zero attached hydrogens (tertiary/aromatic N) is 3. The van der Waals surface area contributed by atoms with E-state index >= 15 is 0 Å². The largest absolute Gasteiger partial charge is 0.370 e. The van der Waals surface area contributed by atoms with E-state index in [-0.39, 0.29) is 30.0 Å². The van der Waals surface area contributed by atoms with Crippen molar-refractivity contribution in [1.82, 2.24) is 9.80 Å². The van der Waals surface area contributed by atoms with Gasteiger partial charge < -0.3 is 22.1 Å². The SMILES string of the molecule is CC(C)CC1CN(CC(N)Cc2ccc(Cl)cc2Cl)C(CCCCN=C(N)N)CN1C(=O)Cc1ccc2ccccc2c1. The second-order valence-corrected chi connectivity index (χ2v) is 13.1. The van der Waals surface area contributed by atoms with E-state index in [1.807, 2.05) is 24.3 Å². The maximum Gasteiger partial charge on any atom is 0.227 e. The number of nitrogens with two attached hydrogens (primary N) is 3. The highest BCUT2D eigenvalue weighted by Crippen LogP contribution is 2.27. The van der Waals surface area contributed by atoms with Gasteiger partial charge in [0.2, 0.25) is 5.91 Å². The van der Waals surface area contributed by atoms with Crippen molar-refractivity contribution < 1.29 is 4.79 Å². The van der Waals surface area contributed by atoms with E-state index in [1.54, 1.807) is 6.07 Å². The Balaban J connectivity index is 1.51. The number of hydrogen-bond acceptors (Lipinski definition) is 4. The van der Waals surface area contributed by atoms with Gasteiger partial charge in [-0.1, -0.05) is 85.6 Å². The zero-order valence-electron chi connectivity index (χ0n) is 25.4. The van der Waals surface area contributed by atoms with Crippen LogP contribution in [0.25, 0.3) is 10.8 Å². The average Bonchev–Trinajstić information content (AvgIpc) is 2.94. The van der Waals surface area contributed by atoms with E-state index in [1.165, 1.54) is 5.39 Å². The molecule has 1 amide bonds. The van der Waals surface area contributed by atoms with Crippen LogP contribution in [0.4, 0.5) is 0 Å². The van der Waals surface area contributed by atoms with Gasteiger partial charge in [-0.3, -0.25) is 14.7 Å². The fourth-order valence-corrected chi connectivity index (χ4v) is 6.70. The number of carbonyl (C=O) groups excluding carboxylic acids is 1. The first kappa shape index (κ1) is 33.1. The zero-order valence-corrected chi connectivity index (χ0v) is 26.9. The molecule has 0 aliphatic carbocycles. The summed E-state index contributed by atoms with van der Waals surface area (Å²) in [5, 5.41) is 3.59. The molecule has 0 saturated carbocycles. The molecule has 1 aliphatic heterocycles. The van der Waals surface area contributed by atoms with Crippen LogP contribution in [0.15, 0.2) is 65.7 Å². The second kappa shape index (κ2) is 15.8. The molecule has 1 saturated heterocycles. The molecule has 3 atom stereocenters. The zero-order chi connectivity index (χ0) is 30.9. The molecule has 1 fully saturated rings. The lowest BCUT2D eigenvalue weighted by Gasteiger charge is -2.48. The first-order valence-corrected chi connectivity index (χ1v) is 16.1. The van der Waals surface area contributed by atoms with Crippen LogP contribution in [0.1, 0.15) is 50.7 Å². The summed E-state index contributed by atoms with van der Waals surface area (Å²) in [4.78, 5) is 22.7. The summed E-state index contributed by atoms with van der Waals surface area (Å²) >= 11 is 12.6. The van der Waals surface area contributed by atoms with E-state index in [4.69, 9.17) is 40.4 Å². The minimum atomic E-state index is -0.109. The molecule has 9 heteroatoms. The molecule has 7 nitrogen and oxygen atoms in total. The molecule has 232 valence electrons. The van der Waals surface area contributed by atoms with Crippen molar-refractivity contribution in [3.05, 3.63) is 81.8 Å². The van der Waals surface area contributed by atoms with Crippen molar-refractivity contribution in [2.45, 2.75) is 70.5 Å². The lowest BCUT2D eigenvalue weighted by molar-refractivity contribution is -0.138. The molecule has 0 bridgehead atoms. The quantitative estimate of drug-likeness (QED) is 0.129. The summed E-state index contributed by atoms with van der Waals surface area (Å²) in [6, 6.07) is 20.4. The molecule has 3 aromatic rings. The Labute approximate surface area is 266 Å². The Morgan fingerprint density at radius 2 is 1.74 bits per heavy atom. The molecule has 0 aromatic heterocycles. The Kier molecular flexibility index (Phi) is 12.1. The topological polar surface area (TPSA) is 114 Å². The Bertz CT molecular complexity index is 1390. The summed E-state index contributed by atoms with van der Waals surface area (Å²) in [6.07, 6.45) is 4.76. The average molecular weight is 626 g/mol. The molecule has 0 radical (unpaired) electrons. The molecule has 3 unspecified atom stereocenters. The second-order valence-electron chi connectivity index (χ2n) is 12.3. The highest BCUT2D eigenvalue weighted by molar-refractivity contribution is 6.35. The minimum Gasteiger partial charge on any atom is -0.370 e. The standard InChI is InChI=1S/C34H46Cl2N6O/c1-23(2)15-31-21-41(20-29(37)18-27-12-13-28(35)19-32(27)36)30(9-5-6-14-40-34(38)39)22-42(31)33(43)17-24-10-11-25-7-3-4-8-26(25)16-24/h3-4,7-8,10-13,16,19,23,29-31H,5-6,9,14-15,17-18,20-22,37H2,1-2H3,(H4,38,39,40). The molecule has 43 heavy (non-hydrogen) atoms. The molecular weight excluding hydrogens is 579 g/mol. The first-order chi connectivity index (χ1) is 20.6. The van der Waals surface area contributed by atoms with Crippen LogP contribution in [-0.4, -0.2) is 66.0 Å². The van der Waals surface area contributed by atoms with Crippen molar-refractivity contribution >= 4 is 45.8 Å². The number of halogens is 2. The smallest absolute Gasteiger partial charge is 0.227 e. The number of aliphatic imine (C=N–C) groups is 1. The number of guanidine groups is 1. The normalized spacial score (nSPS) is 18.2. The minimum absolute atomic E-state index is 0.109. The molecule has 4 rings (SSSR count). The summed E-state index contributed by atoms with van der Waals surface area (Å²) in [6.45, 7) is 7.24. The number of carbonyl (C=O) groups is 1. The van der Waals surface area contributed by atoms with Crippen molar-refractivity contribution in [3.63, 3.8) is 0 Å². The lowest BCUT2D eigenvalue weighted by atomic mass is 9.93. The third-order valence-electron chi connectivity index (χ3n) is 8.25. The van der Waals surface area contributed by atoms with Gasteiger partial charge in [0.15, 0.2) is 5.96 Å². The number of unbranched alkanes of at least 4 members (excludes halogenated alkanes) is 1. The summed E-state index contributed by atoms with van der Waals surface area (Å²) < 4.78 is 0. The highest BCUT2D eigenvalue weighted by Gasteiger charge is 2.36. The molecule has 3 aromatic carbocycles. The Hall–Kier alpha value is -2.84. The Morgan fingerprint density at radius 3 is 2.47 bits per heavy atom. The number of benzene rings is 3. The van der Waals surface area contributed by atoms with E-state index < -0.39 is 0 Å². The number of piperazine rings is 1. The molecule has 1 aliphatic rings. The number of amides is 1. The number of rotatable bonds is 13. The summed E-state index contributed by atoms with van der Waals surface area (Å²) in [5.74, 6) is 0.761. The first-order valence-electron chi connectivity index (χ1n) is 15.3. The lowest BCUT2D eigenvalue weighted by Crippen LogP contribution is -2.62. The Morgan fingerprint density at radius 1 is 0.977 bits per heavy atom. The van der Waals surface area contributed by atoms with Gasteiger partial charge in [0.1, 0.15) is 0 Å². The molecule has 6 N–H and O–H groups in total. The van der Waals surface area contributed by atoms with Gasteiger partial charge in [-0.05, 0) is 72.1 Å². The third-order valence-corrected chi connectivity index (χ3v) is 8.84. The van der Waals surface area contributed by atoms with Crippen molar-refractivity contribution in [2.75, 3.05) is 26.2 Å². The number of hydrogen-bond donors (Lipinski definition) is 3. The van der Waals surface area contributed by atoms with E-state index in [0.717, 1.165) is 55.3 Å². The van der Waals surface area contributed by atoms with E-state index in [9.17, 15) is 4.79 Å². The third kappa shape index (κ3) is 9.83. The fraction of sp³-hybridized carbons (Fsp3) is 0.471. The molecule has 0 spiro atoms. The maximum absolute atomic E-state index is 13.9. The van der Waals surface area contributed by atoms with Crippen LogP contribution < -0.4 is 17.2 Å². The van der Waals surface area contributed by atoms with Gasteiger partial charge >= 0.3 is 0 Å². The summed E-state index contributed by atoms with van der Waals surface area (Å²) in [7, 11) is 0. The van der Waals surface area contributed by atoms with Gasteiger partial charge in [0.05, 0.1) is 6.42 Å². The van der Waals surface area contributed by atoms with Crippen LogP contribution in [0.5, 0.6) is 0 Å². The van der Waals surface area contributed by atoms with Crippen LogP contribution >= 0.6 is 23.2 Å². The predicted octanol–water partition coefficient (Wildman–Crippen LogP) is 5.63. The van der Waals surface area contributed by atoms with Gasteiger partial charge in [0.25, 0.3) is 0 Å². The predicted molar refractivity (Wildman–Crippen MR) is 181 cm³/mol. The fourth-order valence-electron chi connectivity index (χ4n) is 6.22. The van der Waals surface area contributed by atoms with Crippen LogP contribution in [0.2, 0.25) is 10.0 Å².